The fourth-order valence-corrected chi connectivity index (χ4v) is 4.99. The van der Waals surface area contributed by atoms with Gasteiger partial charge in [-0.2, -0.15) is 0 Å². The number of carboxylic acid groups (broad SMARTS) is 1. The number of rotatable bonds is 9. The number of aromatic carboxylic acids is 1. The Hall–Kier alpha value is -1.97. The first kappa shape index (κ1) is 23.7. The largest absolute Gasteiger partial charge is 0.478 e. The standard InChI is InChI=1S/C24H26INO4S/c1-16(2)17-6-12-21-18(15-23(24(27)28)22(21)13-7-17)5-3-4-14-26-31(29,30)20-10-8-19(25)9-11-20/h6-13,15-16,26H,3-5,14H2,1-2H3,(H,27,28). The first-order valence-electron chi connectivity index (χ1n) is 10.2. The lowest BCUT2D eigenvalue weighted by molar-refractivity contribution is 0.0698. The quantitative estimate of drug-likeness (QED) is 0.271. The Balaban J connectivity index is 1.66. The summed E-state index contributed by atoms with van der Waals surface area (Å²) in [4.78, 5) is 12.0. The smallest absolute Gasteiger partial charge is 0.336 e. The van der Waals surface area contributed by atoms with Gasteiger partial charge in [-0.3, -0.25) is 0 Å². The van der Waals surface area contributed by atoms with Crippen molar-refractivity contribution >= 4 is 38.6 Å². The summed E-state index contributed by atoms with van der Waals surface area (Å²) in [6, 6.07) is 16.4. The molecule has 0 spiro atoms. The number of halogens is 1. The van der Waals surface area contributed by atoms with Crippen molar-refractivity contribution in [3.63, 3.8) is 0 Å². The minimum absolute atomic E-state index is 0.259. The molecule has 1 aromatic rings. The van der Waals surface area contributed by atoms with E-state index in [0.717, 1.165) is 32.2 Å². The van der Waals surface area contributed by atoms with Crippen molar-refractivity contribution in [2.24, 2.45) is 0 Å². The number of fused-ring (bicyclic) bond motifs is 1. The summed E-state index contributed by atoms with van der Waals surface area (Å²) in [6.07, 6.45) is 2.11. The molecular formula is C24H26INO4S. The molecule has 0 heterocycles. The van der Waals surface area contributed by atoms with E-state index in [1.807, 2.05) is 18.2 Å². The third-order valence-electron chi connectivity index (χ3n) is 5.32. The molecule has 164 valence electrons. The van der Waals surface area contributed by atoms with E-state index in [9.17, 15) is 18.3 Å². The zero-order valence-corrected chi connectivity index (χ0v) is 20.5. The Bertz CT molecular complexity index is 1140. The summed E-state index contributed by atoms with van der Waals surface area (Å²) in [5, 5.41) is 9.60. The van der Waals surface area contributed by atoms with Gasteiger partial charge in [0, 0.05) is 10.1 Å². The Morgan fingerprint density at radius 3 is 2.26 bits per heavy atom. The monoisotopic (exact) mass is 551 g/mol. The first-order chi connectivity index (χ1) is 14.7. The molecule has 0 aromatic heterocycles. The molecule has 3 rings (SSSR count). The van der Waals surface area contributed by atoms with Crippen molar-refractivity contribution in [3.8, 4) is 11.1 Å². The molecule has 1 aromatic carbocycles. The molecule has 0 bridgehead atoms. The first-order valence-corrected chi connectivity index (χ1v) is 12.8. The SMILES string of the molecule is CC(C)c1ccc2c(CCCCNS(=O)(=O)c3ccc(I)cc3)cc(C(=O)O)c-2cc1. The van der Waals surface area contributed by atoms with Gasteiger partial charge in [0.05, 0.1) is 10.5 Å². The van der Waals surface area contributed by atoms with Crippen LogP contribution in [0.1, 0.15) is 54.1 Å². The summed E-state index contributed by atoms with van der Waals surface area (Å²) in [5.74, 6) is -0.576. The van der Waals surface area contributed by atoms with Gasteiger partial charge in [-0.1, -0.05) is 38.1 Å². The molecule has 7 heteroatoms. The molecule has 0 fully saturated rings. The number of unbranched alkanes of at least 4 members (excludes halogenated alkanes) is 1. The fraction of sp³-hybridized carbons (Fsp3) is 0.292. The normalized spacial score (nSPS) is 11.9. The predicted octanol–water partition coefficient (Wildman–Crippen LogP) is 5.52. The van der Waals surface area contributed by atoms with E-state index in [2.05, 4.69) is 47.2 Å². The highest BCUT2D eigenvalue weighted by Crippen LogP contribution is 2.34. The van der Waals surface area contributed by atoms with Gasteiger partial charge in [0.1, 0.15) is 0 Å². The second-order valence-electron chi connectivity index (χ2n) is 7.85. The number of hydrogen-bond acceptors (Lipinski definition) is 3. The van der Waals surface area contributed by atoms with Crippen LogP contribution >= 0.6 is 22.6 Å². The molecule has 0 aliphatic heterocycles. The van der Waals surface area contributed by atoms with Crippen LogP contribution < -0.4 is 4.72 Å². The van der Waals surface area contributed by atoms with Crippen LogP contribution in [0.25, 0.3) is 11.1 Å². The summed E-state index contributed by atoms with van der Waals surface area (Å²) in [5.41, 5.74) is 4.15. The maximum absolute atomic E-state index is 12.4. The Morgan fingerprint density at radius 1 is 1.00 bits per heavy atom. The zero-order valence-electron chi connectivity index (χ0n) is 17.6. The second-order valence-corrected chi connectivity index (χ2v) is 10.9. The van der Waals surface area contributed by atoms with E-state index in [1.54, 1.807) is 30.3 Å². The molecule has 2 aliphatic rings. The van der Waals surface area contributed by atoms with Gasteiger partial charge in [0.2, 0.25) is 10.0 Å². The van der Waals surface area contributed by atoms with Gasteiger partial charge in [0.15, 0.2) is 0 Å². The van der Waals surface area contributed by atoms with Crippen LogP contribution in [-0.4, -0.2) is 26.0 Å². The third-order valence-corrected chi connectivity index (χ3v) is 7.51. The minimum atomic E-state index is -3.52. The van der Waals surface area contributed by atoms with E-state index in [0.29, 0.717) is 30.9 Å². The minimum Gasteiger partial charge on any atom is -0.478 e. The van der Waals surface area contributed by atoms with Gasteiger partial charge in [0.25, 0.3) is 0 Å². The summed E-state index contributed by atoms with van der Waals surface area (Å²) >= 11 is 2.13. The average Bonchev–Trinajstić information content (AvgIpc) is 2.90. The number of carboxylic acids is 1. The van der Waals surface area contributed by atoms with Crippen LogP contribution in [0.3, 0.4) is 0 Å². The van der Waals surface area contributed by atoms with Gasteiger partial charge < -0.3 is 5.11 Å². The van der Waals surface area contributed by atoms with Crippen molar-refractivity contribution < 1.29 is 18.3 Å². The average molecular weight is 551 g/mol. The maximum atomic E-state index is 12.4. The molecule has 5 nitrogen and oxygen atoms in total. The van der Waals surface area contributed by atoms with Gasteiger partial charge in [-0.25, -0.2) is 17.9 Å². The van der Waals surface area contributed by atoms with Crippen molar-refractivity contribution in [3.05, 3.63) is 74.9 Å². The van der Waals surface area contributed by atoms with Crippen molar-refractivity contribution in [1.29, 1.82) is 0 Å². The van der Waals surface area contributed by atoms with Gasteiger partial charge in [-0.15, -0.1) is 0 Å². The number of benzene rings is 1. The molecular weight excluding hydrogens is 525 g/mol. The van der Waals surface area contributed by atoms with Crippen LogP contribution in [0.5, 0.6) is 0 Å². The zero-order chi connectivity index (χ0) is 22.6. The fourth-order valence-electron chi connectivity index (χ4n) is 3.55. The van der Waals surface area contributed by atoms with E-state index in [4.69, 9.17) is 0 Å². The predicted molar refractivity (Wildman–Crippen MR) is 131 cm³/mol. The Morgan fingerprint density at radius 2 is 1.65 bits per heavy atom. The summed E-state index contributed by atoms with van der Waals surface area (Å²) < 4.78 is 28.4. The van der Waals surface area contributed by atoms with Crippen LogP contribution in [0.2, 0.25) is 0 Å². The lowest BCUT2D eigenvalue weighted by Crippen LogP contribution is -2.24. The molecule has 0 radical (unpaired) electrons. The van der Waals surface area contributed by atoms with E-state index >= 15 is 0 Å². The summed E-state index contributed by atoms with van der Waals surface area (Å²) in [6.45, 7) is 4.55. The highest BCUT2D eigenvalue weighted by molar-refractivity contribution is 14.1. The molecule has 31 heavy (non-hydrogen) atoms. The summed E-state index contributed by atoms with van der Waals surface area (Å²) in [7, 11) is -3.52. The van der Waals surface area contributed by atoms with Gasteiger partial charge in [-0.05, 0) is 100 Å². The van der Waals surface area contributed by atoms with E-state index in [-0.39, 0.29) is 4.90 Å². The van der Waals surface area contributed by atoms with Gasteiger partial charge >= 0.3 is 5.97 Å². The van der Waals surface area contributed by atoms with E-state index in [1.165, 1.54) is 0 Å². The lowest BCUT2D eigenvalue weighted by Gasteiger charge is -2.07. The molecule has 0 unspecified atom stereocenters. The molecule has 2 aliphatic carbocycles. The number of aryl methyl sites for hydroxylation is 1. The van der Waals surface area contributed by atoms with Crippen LogP contribution in [-0.2, 0) is 16.4 Å². The number of nitrogens with one attached hydrogen (secondary N) is 1. The highest BCUT2D eigenvalue weighted by atomic mass is 127. The Labute approximate surface area is 197 Å². The number of carbonyl (C=O) groups is 1. The van der Waals surface area contributed by atoms with Crippen molar-refractivity contribution in [2.45, 2.75) is 43.9 Å². The maximum Gasteiger partial charge on any atom is 0.336 e. The molecule has 0 atom stereocenters. The van der Waals surface area contributed by atoms with Crippen LogP contribution in [0.15, 0.2) is 59.5 Å². The van der Waals surface area contributed by atoms with Crippen LogP contribution in [0, 0.1) is 3.57 Å². The Kier molecular flexibility index (Phi) is 7.72. The second kappa shape index (κ2) is 10.1. The highest BCUT2D eigenvalue weighted by Gasteiger charge is 2.19. The topological polar surface area (TPSA) is 83.5 Å². The van der Waals surface area contributed by atoms with E-state index < -0.39 is 16.0 Å². The van der Waals surface area contributed by atoms with Crippen LogP contribution in [0.4, 0.5) is 0 Å². The molecule has 0 saturated carbocycles. The number of hydrogen-bond donors (Lipinski definition) is 2. The molecule has 0 amide bonds. The van der Waals surface area contributed by atoms with Crippen molar-refractivity contribution in [1.82, 2.24) is 4.72 Å². The molecule has 2 N–H and O–H groups in total. The van der Waals surface area contributed by atoms with Crippen molar-refractivity contribution in [2.75, 3.05) is 6.54 Å². The molecule has 0 saturated heterocycles. The lowest BCUT2D eigenvalue weighted by atomic mass is 10.0. The number of sulfonamides is 1. The third kappa shape index (κ3) is 5.84.